The van der Waals surface area contributed by atoms with Crippen LogP contribution in [0, 0.1) is 0 Å². The summed E-state index contributed by atoms with van der Waals surface area (Å²) in [6.45, 7) is -2.24. The zero-order chi connectivity index (χ0) is 16.9. The number of ether oxygens (including phenoxy) is 2. The predicted molar refractivity (Wildman–Crippen MR) is 88.7 cm³/mol. The molecule has 0 aromatic heterocycles. The second kappa shape index (κ2) is 7.62. The highest BCUT2D eigenvalue weighted by atomic mass is 19.3. The van der Waals surface area contributed by atoms with E-state index in [-0.39, 0.29) is 5.75 Å². The molecule has 1 fully saturated rings. The molecular weight excluding hydrogens is 312 g/mol. The third-order valence-corrected chi connectivity index (χ3v) is 4.45. The molecule has 1 saturated carbocycles. The van der Waals surface area contributed by atoms with Crippen LogP contribution in [0.15, 0.2) is 48.5 Å². The molecule has 0 spiro atoms. The van der Waals surface area contributed by atoms with Crippen molar-refractivity contribution in [1.29, 1.82) is 0 Å². The smallest absolute Gasteiger partial charge is 0.387 e. The number of alkyl halides is 2. The number of nitrogens with one attached hydrogen (secondary N) is 1. The summed E-state index contributed by atoms with van der Waals surface area (Å²) in [6, 6.07) is 16.1. The largest absolute Gasteiger partial charge is 0.493 e. The summed E-state index contributed by atoms with van der Waals surface area (Å²) in [5.41, 5.74) is 2.28. The summed E-state index contributed by atoms with van der Waals surface area (Å²) in [7, 11) is 1.43. The lowest BCUT2D eigenvalue weighted by Crippen LogP contribution is -2.39. The van der Waals surface area contributed by atoms with Crippen LogP contribution in [0.5, 0.6) is 11.5 Å². The fraction of sp³-hybridized carbons (Fsp3) is 0.368. The number of rotatable bonds is 7. The standard InChI is InChI=1S/C19H21F2NO2/c1-23-17-8-7-13(9-18(17)24-19(20)21)12-22-16-10-15(11-16)14-5-3-2-4-6-14/h2-9,15-16,19,22H,10-12H2,1H3. The van der Waals surface area contributed by atoms with Crippen LogP contribution in [0.1, 0.15) is 29.9 Å². The quantitative estimate of drug-likeness (QED) is 0.818. The van der Waals surface area contributed by atoms with Crippen LogP contribution in [-0.4, -0.2) is 19.8 Å². The second-order valence-corrected chi connectivity index (χ2v) is 6.02. The maximum atomic E-state index is 12.5. The molecule has 0 radical (unpaired) electrons. The van der Waals surface area contributed by atoms with Crippen LogP contribution in [-0.2, 0) is 6.54 Å². The van der Waals surface area contributed by atoms with Crippen LogP contribution in [0.2, 0.25) is 0 Å². The molecule has 3 nitrogen and oxygen atoms in total. The Bertz CT molecular complexity index is 658. The molecule has 3 rings (SSSR count). The normalized spacial score (nSPS) is 19.8. The van der Waals surface area contributed by atoms with Gasteiger partial charge in [0.1, 0.15) is 0 Å². The Balaban J connectivity index is 1.52. The molecule has 0 atom stereocenters. The molecule has 1 aliphatic rings. The molecule has 128 valence electrons. The van der Waals surface area contributed by atoms with E-state index in [0.717, 1.165) is 18.4 Å². The Hall–Kier alpha value is -2.14. The fourth-order valence-corrected chi connectivity index (χ4v) is 3.06. The highest BCUT2D eigenvalue weighted by Crippen LogP contribution is 2.37. The van der Waals surface area contributed by atoms with Crippen LogP contribution < -0.4 is 14.8 Å². The molecule has 24 heavy (non-hydrogen) atoms. The lowest BCUT2D eigenvalue weighted by Gasteiger charge is -2.36. The van der Waals surface area contributed by atoms with Crippen molar-refractivity contribution in [3.63, 3.8) is 0 Å². The van der Waals surface area contributed by atoms with Crippen LogP contribution in [0.4, 0.5) is 8.78 Å². The number of hydrogen-bond donors (Lipinski definition) is 1. The van der Waals surface area contributed by atoms with E-state index in [4.69, 9.17) is 4.74 Å². The van der Waals surface area contributed by atoms with E-state index < -0.39 is 6.61 Å². The Kier molecular flexibility index (Phi) is 5.30. The lowest BCUT2D eigenvalue weighted by atomic mass is 9.76. The van der Waals surface area contributed by atoms with Gasteiger partial charge in [-0.3, -0.25) is 0 Å². The summed E-state index contributed by atoms with van der Waals surface area (Å²) in [5.74, 6) is 0.992. The van der Waals surface area contributed by atoms with Gasteiger partial charge in [-0.05, 0) is 42.0 Å². The molecule has 0 bridgehead atoms. The number of halogens is 2. The molecule has 0 amide bonds. The zero-order valence-corrected chi connectivity index (χ0v) is 13.5. The van der Waals surface area contributed by atoms with Gasteiger partial charge in [0, 0.05) is 12.6 Å². The average molecular weight is 333 g/mol. The first-order chi connectivity index (χ1) is 11.7. The fourth-order valence-electron chi connectivity index (χ4n) is 3.06. The van der Waals surface area contributed by atoms with Gasteiger partial charge in [0.25, 0.3) is 0 Å². The summed E-state index contributed by atoms with van der Waals surface area (Å²) in [5, 5.41) is 3.47. The molecule has 0 heterocycles. The van der Waals surface area contributed by atoms with Crippen molar-refractivity contribution < 1.29 is 18.3 Å². The third-order valence-electron chi connectivity index (χ3n) is 4.45. The van der Waals surface area contributed by atoms with Gasteiger partial charge in [-0.15, -0.1) is 0 Å². The van der Waals surface area contributed by atoms with E-state index >= 15 is 0 Å². The molecule has 0 unspecified atom stereocenters. The van der Waals surface area contributed by atoms with Gasteiger partial charge in [0.2, 0.25) is 0 Å². The second-order valence-electron chi connectivity index (χ2n) is 6.02. The minimum atomic E-state index is -2.86. The number of methoxy groups -OCH3 is 1. The van der Waals surface area contributed by atoms with E-state index in [1.54, 1.807) is 12.1 Å². The topological polar surface area (TPSA) is 30.5 Å². The maximum absolute atomic E-state index is 12.5. The Morgan fingerprint density at radius 3 is 2.50 bits per heavy atom. The van der Waals surface area contributed by atoms with Crippen molar-refractivity contribution in [2.75, 3.05) is 7.11 Å². The summed E-state index contributed by atoms with van der Waals surface area (Å²) in [4.78, 5) is 0. The first kappa shape index (κ1) is 16.7. The van der Waals surface area contributed by atoms with E-state index in [1.165, 1.54) is 12.7 Å². The Morgan fingerprint density at radius 1 is 1.08 bits per heavy atom. The molecule has 2 aromatic carbocycles. The van der Waals surface area contributed by atoms with Gasteiger partial charge in [-0.1, -0.05) is 36.4 Å². The van der Waals surface area contributed by atoms with Gasteiger partial charge in [-0.2, -0.15) is 8.78 Å². The van der Waals surface area contributed by atoms with Crippen LogP contribution in [0.3, 0.4) is 0 Å². The van der Waals surface area contributed by atoms with E-state index in [2.05, 4.69) is 34.3 Å². The minimum Gasteiger partial charge on any atom is -0.493 e. The first-order valence-corrected chi connectivity index (χ1v) is 8.05. The van der Waals surface area contributed by atoms with E-state index in [0.29, 0.717) is 24.3 Å². The Labute approximate surface area is 140 Å². The van der Waals surface area contributed by atoms with Crippen molar-refractivity contribution in [2.24, 2.45) is 0 Å². The van der Waals surface area contributed by atoms with Crippen LogP contribution in [0.25, 0.3) is 0 Å². The molecular formula is C19H21F2NO2. The van der Waals surface area contributed by atoms with Crippen molar-refractivity contribution in [2.45, 2.75) is 38.0 Å². The Morgan fingerprint density at radius 2 is 1.83 bits per heavy atom. The first-order valence-electron chi connectivity index (χ1n) is 8.05. The lowest BCUT2D eigenvalue weighted by molar-refractivity contribution is -0.0512. The molecule has 0 aliphatic heterocycles. The minimum absolute atomic E-state index is 0.0718. The van der Waals surface area contributed by atoms with Gasteiger partial charge in [-0.25, -0.2) is 0 Å². The number of hydrogen-bond acceptors (Lipinski definition) is 3. The molecule has 1 N–H and O–H groups in total. The van der Waals surface area contributed by atoms with Crippen molar-refractivity contribution in [3.05, 3.63) is 59.7 Å². The van der Waals surface area contributed by atoms with Gasteiger partial charge in [0.15, 0.2) is 11.5 Å². The van der Waals surface area contributed by atoms with E-state index in [1.807, 2.05) is 12.1 Å². The molecule has 1 aliphatic carbocycles. The summed E-state index contributed by atoms with van der Waals surface area (Å²) < 4.78 is 34.5. The molecule has 5 heteroatoms. The van der Waals surface area contributed by atoms with Crippen molar-refractivity contribution >= 4 is 0 Å². The van der Waals surface area contributed by atoms with Crippen molar-refractivity contribution in [3.8, 4) is 11.5 Å². The molecule has 0 saturated heterocycles. The predicted octanol–water partition coefficient (Wildman–Crippen LogP) is 4.33. The number of benzene rings is 2. The van der Waals surface area contributed by atoms with E-state index in [9.17, 15) is 8.78 Å². The average Bonchev–Trinajstić information content (AvgIpc) is 2.54. The third kappa shape index (κ3) is 4.03. The van der Waals surface area contributed by atoms with Gasteiger partial charge < -0.3 is 14.8 Å². The van der Waals surface area contributed by atoms with Crippen molar-refractivity contribution in [1.82, 2.24) is 5.32 Å². The van der Waals surface area contributed by atoms with Gasteiger partial charge >= 0.3 is 6.61 Å². The monoisotopic (exact) mass is 333 g/mol. The van der Waals surface area contributed by atoms with Gasteiger partial charge in [0.05, 0.1) is 7.11 Å². The summed E-state index contributed by atoms with van der Waals surface area (Å²) in [6.07, 6.45) is 2.20. The summed E-state index contributed by atoms with van der Waals surface area (Å²) >= 11 is 0. The zero-order valence-electron chi connectivity index (χ0n) is 13.5. The highest BCUT2D eigenvalue weighted by molar-refractivity contribution is 5.43. The molecule has 2 aromatic rings. The van der Waals surface area contributed by atoms with Crippen LogP contribution >= 0.6 is 0 Å². The SMILES string of the molecule is COc1ccc(CNC2CC(c3ccccc3)C2)cc1OC(F)F. The maximum Gasteiger partial charge on any atom is 0.387 e. The highest BCUT2D eigenvalue weighted by Gasteiger charge is 2.29.